The summed E-state index contributed by atoms with van der Waals surface area (Å²) in [6, 6.07) is 8.35. The van der Waals surface area contributed by atoms with Gasteiger partial charge >= 0.3 is 0 Å². The number of halogens is 1. The Kier molecular flexibility index (Phi) is 1.83. The third kappa shape index (κ3) is 1.27. The molecule has 3 aromatic rings. The third-order valence-electron chi connectivity index (χ3n) is 2.57. The second-order valence-electron chi connectivity index (χ2n) is 3.70. The van der Waals surface area contributed by atoms with Crippen LogP contribution in [-0.2, 0) is 0 Å². The second kappa shape index (κ2) is 3.07. The Hall–Kier alpha value is -1.35. The average molecular weight is 261 g/mol. The first-order valence-corrected chi connectivity index (χ1v) is 5.57. The van der Waals surface area contributed by atoms with Gasteiger partial charge in [-0.2, -0.15) is 0 Å². The summed E-state index contributed by atoms with van der Waals surface area (Å²) in [5.74, 6) is 0. The first-order chi connectivity index (χ1) is 7.25. The van der Waals surface area contributed by atoms with Gasteiger partial charge in [0.2, 0.25) is 0 Å². The van der Waals surface area contributed by atoms with Crippen LogP contribution in [0.3, 0.4) is 0 Å². The molecule has 0 unspecified atom stereocenters. The third-order valence-corrected chi connectivity index (χ3v) is 3.23. The summed E-state index contributed by atoms with van der Waals surface area (Å²) in [5.41, 5.74) is 3.25. The van der Waals surface area contributed by atoms with Crippen LogP contribution in [0.25, 0.3) is 21.9 Å². The molecule has 0 spiro atoms. The minimum absolute atomic E-state index is 0.947. The van der Waals surface area contributed by atoms with Crippen molar-refractivity contribution in [1.82, 2.24) is 9.97 Å². The molecule has 0 saturated heterocycles. The van der Waals surface area contributed by atoms with Gasteiger partial charge in [0.25, 0.3) is 0 Å². The molecule has 0 amide bonds. The lowest BCUT2D eigenvalue weighted by Gasteiger charge is -1.93. The van der Waals surface area contributed by atoms with E-state index in [4.69, 9.17) is 0 Å². The Morgan fingerprint density at radius 3 is 3.00 bits per heavy atom. The Morgan fingerprint density at radius 1 is 1.27 bits per heavy atom. The Balaban J connectivity index is 2.58. The fourth-order valence-corrected chi connectivity index (χ4v) is 2.33. The average Bonchev–Trinajstić information content (AvgIpc) is 2.58. The lowest BCUT2D eigenvalue weighted by Crippen LogP contribution is -1.77. The molecule has 0 aliphatic carbocycles. The molecule has 15 heavy (non-hydrogen) atoms. The summed E-state index contributed by atoms with van der Waals surface area (Å²) in [5, 5.41) is 2.40. The zero-order valence-electron chi connectivity index (χ0n) is 8.21. The van der Waals surface area contributed by atoms with Gasteiger partial charge < -0.3 is 4.98 Å². The number of aromatic nitrogens is 2. The molecule has 2 aromatic heterocycles. The molecule has 0 bridgehead atoms. The molecule has 74 valence electrons. The van der Waals surface area contributed by atoms with E-state index in [0.717, 1.165) is 15.6 Å². The van der Waals surface area contributed by atoms with Crippen molar-refractivity contribution >= 4 is 37.9 Å². The van der Waals surface area contributed by atoms with Gasteiger partial charge in [0.1, 0.15) is 5.65 Å². The number of aromatic amines is 1. The predicted molar refractivity (Wildman–Crippen MR) is 66.0 cm³/mol. The molecule has 1 N–H and O–H groups in total. The van der Waals surface area contributed by atoms with Gasteiger partial charge in [-0.1, -0.05) is 12.1 Å². The molecular weight excluding hydrogens is 252 g/mol. The van der Waals surface area contributed by atoms with E-state index >= 15 is 0 Å². The molecule has 0 fully saturated rings. The number of H-pyrrole nitrogens is 1. The van der Waals surface area contributed by atoms with E-state index in [1.807, 2.05) is 18.3 Å². The van der Waals surface area contributed by atoms with Crippen molar-refractivity contribution in [2.24, 2.45) is 0 Å². The fourth-order valence-electron chi connectivity index (χ4n) is 1.87. The van der Waals surface area contributed by atoms with E-state index in [2.05, 4.69) is 45.0 Å². The van der Waals surface area contributed by atoms with Gasteiger partial charge in [0.15, 0.2) is 0 Å². The normalized spacial score (nSPS) is 11.3. The number of hydrogen-bond acceptors (Lipinski definition) is 1. The van der Waals surface area contributed by atoms with Crippen molar-refractivity contribution in [3.63, 3.8) is 0 Å². The maximum absolute atomic E-state index is 4.38. The summed E-state index contributed by atoms with van der Waals surface area (Å²) in [6.45, 7) is 2.06. The smallest absolute Gasteiger partial charge is 0.138 e. The first kappa shape index (κ1) is 8.92. The van der Waals surface area contributed by atoms with Crippen LogP contribution >= 0.6 is 15.9 Å². The lowest BCUT2D eigenvalue weighted by atomic mass is 10.2. The highest BCUT2D eigenvalue weighted by atomic mass is 79.9. The Bertz CT molecular complexity index is 655. The highest BCUT2D eigenvalue weighted by molar-refractivity contribution is 9.10. The number of nitrogens with zero attached hydrogens (tertiary/aromatic N) is 1. The number of benzene rings is 1. The SMILES string of the molecule is Cc1cnc2[nH]c3c(Br)cccc3c2c1. The maximum Gasteiger partial charge on any atom is 0.138 e. The molecule has 3 rings (SSSR count). The first-order valence-electron chi connectivity index (χ1n) is 4.78. The predicted octanol–water partition coefficient (Wildman–Crippen LogP) is 3.79. The number of hydrogen-bond donors (Lipinski definition) is 1. The van der Waals surface area contributed by atoms with E-state index in [9.17, 15) is 0 Å². The van der Waals surface area contributed by atoms with Crippen LogP contribution in [0.1, 0.15) is 5.56 Å². The number of para-hydroxylation sites is 1. The van der Waals surface area contributed by atoms with Gasteiger partial charge in [-0.15, -0.1) is 0 Å². The number of aryl methyl sites for hydroxylation is 1. The maximum atomic E-state index is 4.38. The Labute approximate surface area is 95.5 Å². The number of nitrogens with one attached hydrogen (secondary N) is 1. The molecule has 2 heterocycles. The van der Waals surface area contributed by atoms with Crippen molar-refractivity contribution in [2.45, 2.75) is 6.92 Å². The Morgan fingerprint density at radius 2 is 2.13 bits per heavy atom. The van der Waals surface area contributed by atoms with Crippen molar-refractivity contribution in [2.75, 3.05) is 0 Å². The standard InChI is InChI=1S/C12H9BrN2/c1-7-5-9-8-3-2-4-10(13)11(8)15-12(9)14-6-7/h2-6H,1H3,(H,14,15). The van der Waals surface area contributed by atoms with Crippen molar-refractivity contribution in [3.8, 4) is 0 Å². The number of rotatable bonds is 0. The van der Waals surface area contributed by atoms with E-state index in [0.29, 0.717) is 0 Å². The van der Waals surface area contributed by atoms with Crippen LogP contribution in [0.4, 0.5) is 0 Å². The summed E-state index contributed by atoms with van der Waals surface area (Å²) in [7, 11) is 0. The molecule has 3 heteroatoms. The van der Waals surface area contributed by atoms with Crippen LogP contribution in [-0.4, -0.2) is 9.97 Å². The van der Waals surface area contributed by atoms with E-state index < -0.39 is 0 Å². The van der Waals surface area contributed by atoms with E-state index in [1.165, 1.54) is 16.3 Å². The number of pyridine rings is 1. The fraction of sp³-hybridized carbons (Fsp3) is 0.0833. The van der Waals surface area contributed by atoms with Crippen LogP contribution < -0.4 is 0 Å². The second-order valence-corrected chi connectivity index (χ2v) is 4.55. The van der Waals surface area contributed by atoms with Crippen molar-refractivity contribution < 1.29 is 0 Å². The zero-order valence-corrected chi connectivity index (χ0v) is 9.80. The largest absolute Gasteiger partial charge is 0.338 e. The monoisotopic (exact) mass is 260 g/mol. The zero-order chi connectivity index (χ0) is 10.4. The highest BCUT2D eigenvalue weighted by Gasteiger charge is 2.06. The molecular formula is C12H9BrN2. The highest BCUT2D eigenvalue weighted by Crippen LogP contribution is 2.29. The lowest BCUT2D eigenvalue weighted by molar-refractivity contribution is 1.30. The van der Waals surface area contributed by atoms with Crippen molar-refractivity contribution in [1.29, 1.82) is 0 Å². The van der Waals surface area contributed by atoms with Crippen molar-refractivity contribution in [3.05, 3.63) is 40.5 Å². The molecule has 1 aromatic carbocycles. The molecule has 0 aliphatic heterocycles. The summed E-state index contributed by atoms with van der Waals surface area (Å²) >= 11 is 3.53. The minimum atomic E-state index is 0.947. The molecule has 0 atom stereocenters. The molecule has 0 aliphatic rings. The van der Waals surface area contributed by atoms with Gasteiger partial charge in [-0.25, -0.2) is 4.98 Å². The van der Waals surface area contributed by atoms with Gasteiger partial charge in [-0.05, 0) is 40.5 Å². The van der Waals surface area contributed by atoms with Crippen LogP contribution in [0.5, 0.6) is 0 Å². The summed E-state index contributed by atoms with van der Waals surface area (Å²) < 4.78 is 1.08. The molecule has 0 radical (unpaired) electrons. The quantitative estimate of drug-likeness (QED) is 0.655. The van der Waals surface area contributed by atoms with E-state index in [1.54, 1.807) is 0 Å². The van der Waals surface area contributed by atoms with Crippen LogP contribution in [0.15, 0.2) is 34.9 Å². The van der Waals surface area contributed by atoms with E-state index in [-0.39, 0.29) is 0 Å². The van der Waals surface area contributed by atoms with Gasteiger partial charge in [0.05, 0.1) is 5.52 Å². The van der Waals surface area contributed by atoms with Gasteiger partial charge in [0, 0.05) is 21.4 Å². The summed E-state index contributed by atoms with van der Waals surface area (Å²) in [4.78, 5) is 7.70. The molecule has 2 nitrogen and oxygen atoms in total. The topological polar surface area (TPSA) is 28.7 Å². The number of fused-ring (bicyclic) bond motifs is 3. The molecule has 0 saturated carbocycles. The van der Waals surface area contributed by atoms with Crippen LogP contribution in [0, 0.1) is 6.92 Å². The minimum Gasteiger partial charge on any atom is -0.338 e. The van der Waals surface area contributed by atoms with Gasteiger partial charge in [-0.3, -0.25) is 0 Å². The summed E-state index contributed by atoms with van der Waals surface area (Å²) in [6.07, 6.45) is 1.88. The van der Waals surface area contributed by atoms with Crippen LogP contribution in [0.2, 0.25) is 0 Å².